The first-order valence-electron chi connectivity index (χ1n) is 9.71. The molecular weight excluding hydrogens is 402 g/mol. The number of rotatable bonds is 7. The van der Waals surface area contributed by atoms with Gasteiger partial charge < -0.3 is 30.5 Å². The van der Waals surface area contributed by atoms with Crippen LogP contribution < -0.4 is 25.4 Å². The van der Waals surface area contributed by atoms with Crippen molar-refractivity contribution in [3.63, 3.8) is 0 Å². The molecule has 4 N–H and O–H groups in total. The van der Waals surface area contributed by atoms with Crippen LogP contribution in [-0.4, -0.2) is 29.3 Å². The van der Waals surface area contributed by atoms with Gasteiger partial charge in [-0.05, 0) is 75.0 Å². The zero-order valence-corrected chi connectivity index (χ0v) is 17.9. The highest BCUT2D eigenvalue weighted by Gasteiger charge is 2.30. The average molecular weight is 428 g/mol. The third-order valence-electron chi connectivity index (χ3n) is 4.55. The van der Waals surface area contributed by atoms with Gasteiger partial charge in [-0.3, -0.25) is 4.79 Å². The van der Waals surface area contributed by atoms with Gasteiger partial charge in [0.2, 0.25) is 0 Å². The van der Waals surface area contributed by atoms with Crippen LogP contribution in [0.15, 0.2) is 53.7 Å². The van der Waals surface area contributed by atoms with E-state index in [9.17, 15) is 9.90 Å². The first-order chi connectivity index (χ1) is 14.4. The minimum Gasteiger partial charge on any atom is -0.504 e. The maximum atomic E-state index is 13.2. The number of phenols is 1. The third kappa shape index (κ3) is 4.83. The van der Waals surface area contributed by atoms with Crippen LogP contribution >= 0.6 is 12.2 Å². The van der Waals surface area contributed by atoms with E-state index in [1.54, 1.807) is 49.4 Å². The van der Waals surface area contributed by atoms with E-state index < -0.39 is 6.04 Å². The van der Waals surface area contributed by atoms with Crippen molar-refractivity contribution in [2.24, 2.45) is 0 Å². The van der Waals surface area contributed by atoms with Crippen LogP contribution in [0.25, 0.3) is 0 Å². The van der Waals surface area contributed by atoms with Crippen LogP contribution in [0.2, 0.25) is 0 Å². The van der Waals surface area contributed by atoms with Crippen LogP contribution in [-0.2, 0) is 4.79 Å². The van der Waals surface area contributed by atoms with Crippen molar-refractivity contribution >= 4 is 28.9 Å². The van der Waals surface area contributed by atoms with Crippen molar-refractivity contribution in [1.82, 2.24) is 10.6 Å². The summed E-state index contributed by atoms with van der Waals surface area (Å²) in [6, 6.07) is 11.7. The molecule has 1 aliphatic rings. The van der Waals surface area contributed by atoms with E-state index >= 15 is 0 Å². The van der Waals surface area contributed by atoms with Gasteiger partial charge in [-0.25, -0.2) is 0 Å². The number of hydrogen-bond acceptors (Lipinski definition) is 5. The molecule has 2 aromatic rings. The number of amides is 1. The lowest BCUT2D eigenvalue weighted by Crippen LogP contribution is -2.45. The summed E-state index contributed by atoms with van der Waals surface area (Å²) in [7, 11) is 0. The molecule has 3 rings (SSSR count). The van der Waals surface area contributed by atoms with E-state index in [1.165, 1.54) is 0 Å². The van der Waals surface area contributed by atoms with Gasteiger partial charge in [0.1, 0.15) is 5.75 Å². The molecule has 0 spiro atoms. The van der Waals surface area contributed by atoms with Gasteiger partial charge in [0.15, 0.2) is 16.6 Å². The highest BCUT2D eigenvalue weighted by atomic mass is 32.1. The quantitative estimate of drug-likeness (QED) is 0.502. The highest BCUT2D eigenvalue weighted by Crippen LogP contribution is 2.34. The second kappa shape index (κ2) is 9.49. The lowest BCUT2D eigenvalue weighted by Gasteiger charge is -2.30. The minimum absolute atomic E-state index is 0.0400. The molecule has 7 nitrogen and oxygen atoms in total. The van der Waals surface area contributed by atoms with Crippen molar-refractivity contribution < 1.29 is 19.4 Å². The van der Waals surface area contributed by atoms with Crippen LogP contribution in [0.5, 0.6) is 17.2 Å². The zero-order valence-electron chi connectivity index (χ0n) is 17.1. The molecule has 0 aliphatic carbocycles. The number of anilines is 1. The third-order valence-corrected chi connectivity index (χ3v) is 4.77. The van der Waals surface area contributed by atoms with Gasteiger partial charge in [0.25, 0.3) is 5.91 Å². The fourth-order valence-corrected chi connectivity index (χ4v) is 3.50. The largest absolute Gasteiger partial charge is 0.504 e. The molecule has 158 valence electrons. The first kappa shape index (κ1) is 21.4. The van der Waals surface area contributed by atoms with E-state index in [1.807, 2.05) is 13.8 Å². The fourth-order valence-electron chi connectivity index (χ4n) is 3.23. The van der Waals surface area contributed by atoms with Crippen molar-refractivity contribution in [1.29, 1.82) is 0 Å². The molecule has 1 amide bonds. The SMILES string of the molecule is CCOc1ccc(NC(=O)C2=C(C)NC(=S)NC2c2ccc(O)c(OCC)c2)cc1. The number of phenolic OH excluding ortho intramolecular Hbond substituents is 1. The Bertz CT molecular complexity index is 973. The number of nitrogens with one attached hydrogen (secondary N) is 3. The summed E-state index contributed by atoms with van der Waals surface area (Å²) in [6.07, 6.45) is 0. The average Bonchev–Trinajstić information content (AvgIpc) is 2.71. The molecule has 0 bridgehead atoms. The normalized spacial score (nSPS) is 15.8. The molecule has 1 atom stereocenters. The number of hydrogen-bond donors (Lipinski definition) is 4. The molecule has 0 fully saturated rings. The Balaban J connectivity index is 1.89. The summed E-state index contributed by atoms with van der Waals surface area (Å²) in [5, 5.41) is 19.5. The maximum Gasteiger partial charge on any atom is 0.255 e. The smallest absolute Gasteiger partial charge is 0.255 e. The van der Waals surface area contributed by atoms with Gasteiger partial charge in [0, 0.05) is 11.4 Å². The van der Waals surface area contributed by atoms with Crippen LogP contribution in [0.4, 0.5) is 5.69 Å². The summed E-state index contributed by atoms with van der Waals surface area (Å²) < 4.78 is 10.9. The predicted octanol–water partition coefficient (Wildman–Crippen LogP) is 3.62. The minimum atomic E-state index is -0.499. The van der Waals surface area contributed by atoms with Crippen LogP contribution in [0.3, 0.4) is 0 Å². The summed E-state index contributed by atoms with van der Waals surface area (Å²) >= 11 is 5.30. The lowest BCUT2D eigenvalue weighted by atomic mass is 9.94. The summed E-state index contributed by atoms with van der Waals surface area (Å²) in [6.45, 7) is 6.54. The molecule has 0 aromatic heterocycles. The molecule has 0 saturated carbocycles. The molecule has 1 heterocycles. The van der Waals surface area contributed by atoms with Crippen molar-refractivity contribution in [2.45, 2.75) is 26.8 Å². The summed E-state index contributed by atoms with van der Waals surface area (Å²) in [4.78, 5) is 13.2. The standard InChI is InChI=1S/C22H25N3O4S/c1-4-28-16-9-7-15(8-10-16)24-21(27)19-13(3)23-22(30)25-20(19)14-6-11-17(26)18(12-14)29-5-2/h6-12,20,26H,4-5H2,1-3H3,(H,24,27)(H2,23,25,30). The molecular formula is C22H25N3O4S. The van der Waals surface area contributed by atoms with Gasteiger partial charge in [-0.15, -0.1) is 0 Å². The molecule has 8 heteroatoms. The van der Waals surface area contributed by atoms with Crippen LogP contribution in [0, 0.1) is 0 Å². The predicted molar refractivity (Wildman–Crippen MR) is 120 cm³/mol. The first-order valence-corrected chi connectivity index (χ1v) is 10.1. The molecule has 0 saturated heterocycles. The number of carbonyl (C=O) groups excluding carboxylic acids is 1. The van der Waals surface area contributed by atoms with Crippen LogP contribution in [0.1, 0.15) is 32.4 Å². The zero-order chi connectivity index (χ0) is 21.7. The van der Waals surface area contributed by atoms with Gasteiger partial charge >= 0.3 is 0 Å². The monoisotopic (exact) mass is 427 g/mol. The molecule has 1 aliphatic heterocycles. The van der Waals surface area contributed by atoms with Gasteiger partial charge in [-0.1, -0.05) is 6.07 Å². The maximum absolute atomic E-state index is 13.2. The molecule has 0 radical (unpaired) electrons. The fraction of sp³-hybridized carbons (Fsp3) is 0.273. The topological polar surface area (TPSA) is 91.9 Å². The van der Waals surface area contributed by atoms with Gasteiger partial charge in [0.05, 0.1) is 24.8 Å². The van der Waals surface area contributed by atoms with Gasteiger partial charge in [-0.2, -0.15) is 0 Å². The Hall–Kier alpha value is -3.26. The molecule has 1 unspecified atom stereocenters. The van der Waals surface area contributed by atoms with Crippen molar-refractivity contribution in [3.8, 4) is 17.2 Å². The number of allylic oxidation sites excluding steroid dienone is 1. The Morgan fingerprint density at radius 1 is 1.13 bits per heavy atom. The van der Waals surface area contributed by atoms with E-state index in [4.69, 9.17) is 21.7 Å². The Morgan fingerprint density at radius 2 is 1.83 bits per heavy atom. The summed E-state index contributed by atoms with van der Waals surface area (Å²) in [5.74, 6) is 0.862. The second-order valence-electron chi connectivity index (χ2n) is 6.64. The number of aromatic hydroxyl groups is 1. The second-order valence-corrected chi connectivity index (χ2v) is 7.05. The Morgan fingerprint density at radius 3 is 2.50 bits per heavy atom. The van der Waals surface area contributed by atoms with Crippen molar-refractivity contribution in [2.75, 3.05) is 18.5 Å². The van der Waals surface area contributed by atoms with E-state index in [2.05, 4.69) is 16.0 Å². The van der Waals surface area contributed by atoms with E-state index in [0.717, 1.165) is 11.3 Å². The summed E-state index contributed by atoms with van der Waals surface area (Å²) in [5.41, 5.74) is 2.54. The highest BCUT2D eigenvalue weighted by molar-refractivity contribution is 7.80. The number of thiocarbonyl (C=S) groups is 1. The van der Waals surface area contributed by atoms with Crippen molar-refractivity contribution in [3.05, 3.63) is 59.3 Å². The number of benzene rings is 2. The lowest BCUT2D eigenvalue weighted by molar-refractivity contribution is -0.113. The number of carbonyl (C=O) groups is 1. The Labute approximate surface area is 181 Å². The molecule has 2 aromatic carbocycles. The molecule has 30 heavy (non-hydrogen) atoms. The Kier molecular flexibility index (Phi) is 6.79. The number of ether oxygens (including phenoxy) is 2. The van der Waals surface area contributed by atoms with E-state index in [-0.39, 0.29) is 11.7 Å². The van der Waals surface area contributed by atoms with E-state index in [0.29, 0.717) is 41.0 Å².